The summed E-state index contributed by atoms with van der Waals surface area (Å²) in [6.07, 6.45) is 0. The molecule has 2 aromatic heterocycles. The van der Waals surface area contributed by atoms with Gasteiger partial charge in [-0.1, -0.05) is 133 Å². The smallest absolute Gasteiger partial charge is 0.143 e. The summed E-state index contributed by atoms with van der Waals surface area (Å²) >= 11 is 0. The molecule has 0 aliphatic heterocycles. The number of nitrogens with zero attached hydrogens (tertiary/aromatic N) is 1. The first kappa shape index (κ1) is 29.6. The zero-order valence-corrected chi connectivity index (χ0v) is 28.7. The average molecular weight is 678 g/mol. The molecule has 0 N–H and O–H groups in total. The van der Waals surface area contributed by atoms with Crippen molar-refractivity contribution in [3.05, 3.63) is 188 Å². The Morgan fingerprint density at radius 1 is 0.340 bits per heavy atom. The van der Waals surface area contributed by atoms with Gasteiger partial charge in [-0.05, 0) is 81.4 Å². The first-order chi connectivity index (χ1) is 26.3. The zero-order valence-electron chi connectivity index (χ0n) is 28.7. The highest BCUT2D eigenvalue weighted by atomic mass is 16.3. The number of benzene rings is 9. The molecule has 0 unspecified atom stereocenters. The molecule has 0 radical (unpaired) electrons. The maximum atomic E-state index is 6.65. The average Bonchev–Trinajstić information content (AvgIpc) is 3.80. The van der Waals surface area contributed by atoms with Gasteiger partial charge in [0, 0.05) is 49.9 Å². The molecule has 9 aromatic carbocycles. The van der Waals surface area contributed by atoms with Crippen LogP contribution in [0.4, 0.5) is 17.1 Å². The Morgan fingerprint density at radius 3 is 1.89 bits per heavy atom. The van der Waals surface area contributed by atoms with E-state index >= 15 is 0 Å². The number of fused-ring (bicyclic) bond motifs is 9. The minimum absolute atomic E-state index is 0.853. The molecule has 3 heteroatoms. The maximum absolute atomic E-state index is 6.65. The molecule has 0 aliphatic carbocycles. The van der Waals surface area contributed by atoms with E-state index in [0.29, 0.717) is 0 Å². The Hall–Kier alpha value is -7.10. The Balaban J connectivity index is 1.17. The fourth-order valence-electron chi connectivity index (χ4n) is 8.25. The molecule has 0 atom stereocenters. The molecule has 0 bridgehead atoms. The number of hydrogen-bond donors (Lipinski definition) is 0. The normalized spacial score (nSPS) is 11.8. The van der Waals surface area contributed by atoms with Crippen molar-refractivity contribution in [3.8, 4) is 22.3 Å². The molecule has 3 nitrogen and oxygen atoms in total. The third-order valence-electron chi connectivity index (χ3n) is 10.6. The summed E-state index contributed by atoms with van der Waals surface area (Å²) in [5.74, 6) is 0. The van der Waals surface area contributed by atoms with E-state index in [4.69, 9.17) is 8.83 Å². The van der Waals surface area contributed by atoms with E-state index in [-0.39, 0.29) is 0 Å². The molecule has 248 valence electrons. The van der Waals surface area contributed by atoms with Crippen LogP contribution in [-0.4, -0.2) is 0 Å². The minimum atomic E-state index is 0.853. The van der Waals surface area contributed by atoms with Crippen LogP contribution < -0.4 is 4.90 Å². The second-order valence-electron chi connectivity index (χ2n) is 13.7. The van der Waals surface area contributed by atoms with Crippen molar-refractivity contribution < 1.29 is 8.83 Å². The summed E-state index contributed by atoms with van der Waals surface area (Å²) in [5.41, 5.74) is 11.2. The second-order valence-corrected chi connectivity index (χ2v) is 13.7. The summed E-state index contributed by atoms with van der Waals surface area (Å²) in [7, 11) is 0. The van der Waals surface area contributed by atoms with Crippen LogP contribution in [0.25, 0.3) is 87.7 Å². The van der Waals surface area contributed by atoms with Gasteiger partial charge < -0.3 is 13.7 Å². The van der Waals surface area contributed by atoms with E-state index in [1.807, 2.05) is 12.1 Å². The highest BCUT2D eigenvalue weighted by Gasteiger charge is 2.22. The van der Waals surface area contributed by atoms with Gasteiger partial charge in [0.15, 0.2) is 0 Å². The van der Waals surface area contributed by atoms with Crippen LogP contribution in [0.3, 0.4) is 0 Å². The van der Waals surface area contributed by atoms with E-state index in [2.05, 4.69) is 181 Å². The van der Waals surface area contributed by atoms with Crippen LogP contribution in [0.1, 0.15) is 0 Å². The summed E-state index contributed by atoms with van der Waals surface area (Å²) in [5, 5.41) is 9.17. The van der Waals surface area contributed by atoms with E-state index in [1.165, 1.54) is 21.7 Å². The molecule has 0 saturated carbocycles. The SMILES string of the molecule is c1cc(-c2cccc3ccccc23)cc(N(c2ccc3c(c2)oc2ccccc23)c2ccccc2-c2cccc3oc4c5ccccc5ccc4c23)c1. The monoisotopic (exact) mass is 677 g/mol. The second kappa shape index (κ2) is 11.7. The van der Waals surface area contributed by atoms with Crippen molar-refractivity contribution >= 4 is 82.5 Å². The molecule has 53 heavy (non-hydrogen) atoms. The Bertz CT molecular complexity index is 3200. The van der Waals surface area contributed by atoms with Gasteiger partial charge in [-0.15, -0.1) is 0 Å². The lowest BCUT2D eigenvalue weighted by atomic mass is 9.95. The number of rotatable bonds is 5. The van der Waals surface area contributed by atoms with Crippen LogP contribution in [0, 0.1) is 0 Å². The lowest BCUT2D eigenvalue weighted by Gasteiger charge is -2.28. The number of furan rings is 2. The fourth-order valence-corrected chi connectivity index (χ4v) is 8.25. The quantitative estimate of drug-likeness (QED) is 0.182. The molecular weight excluding hydrogens is 647 g/mol. The highest BCUT2D eigenvalue weighted by Crippen LogP contribution is 2.47. The number of para-hydroxylation sites is 2. The van der Waals surface area contributed by atoms with Gasteiger partial charge >= 0.3 is 0 Å². The Morgan fingerprint density at radius 2 is 0.962 bits per heavy atom. The predicted molar refractivity (Wildman–Crippen MR) is 222 cm³/mol. The van der Waals surface area contributed by atoms with Crippen LogP contribution >= 0.6 is 0 Å². The van der Waals surface area contributed by atoms with Crippen molar-refractivity contribution in [1.82, 2.24) is 0 Å². The summed E-state index contributed by atoms with van der Waals surface area (Å²) < 4.78 is 13.1. The molecule has 11 aromatic rings. The largest absolute Gasteiger partial charge is 0.456 e. The molecular formula is C50H31NO2. The molecule has 0 aliphatic rings. The van der Waals surface area contributed by atoms with E-state index < -0.39 is 0 Å². The van der Waals surface area contributed by atoms with Crippen molar-refractivity contribution in [1.29, 1.82) is 0 Å². The van der Waals surface area contributed by atoms with Crippen molar-refractivity contribution in [2.45, 2.75) is 0 Å². The van der Waals surface area contributed by atoms with Crippen LogP contribution in [0.5, 0.6) is 0 Å². The molecule has 11 rings (SSSR count). The third-order valence-corrected chi connectivity index (χ3v) is 10.6. The van der Waals surface area contributed by atoms with Gasteiger partial charge in [-0.3, -0.25) is 0 Å². The van der Waals surface area contributed by atoms with Gasteiger partial charge in [-0.2, -0.15) is 0 Å². The Kier molecular flexibility index (Phi) is 6.55. The summed E-state index contributed by atoms with van der Waals surface area (Å²) in [6.45, 7) is 0. The van der Waals surface area contributed by atoms with Crippen LogP contribution in [0.2, 0.25) is 0 Å². The van der Waals surface area contributed by atoms with E-state index in [0.717, 1.165) is 83.0 Å². The third kappa shape index (κ3) is 4.68. The van der Waals surface area contributed by atoms with Gasteiger partial charge in [0.25, 0.3) is 0 Å². The predicted octanol–water partition coefficient (Wildman–Crippen LogP) is 14.6. The Labute approximate surface area is 305 Å². The first-order valence-electron chi connectivity index (χ1n) is 18.0. The summed E-state index contributed by atoms with van der Waals surface area (Å²) in [4.78, 5) is 2.37. The van der Waals surface area contributed by atoms with E-state index in [1.54, 1.807) is 0 Å². The molecule has 0 saturated heterocycles. The first-order valence-corrected chi connectivity index (χ1v) is 18.0. The lowest BCUT2D eigenvalue weighted by Crippen LogP contribution is -2.11. The number of hydrogen-bond acceptors (Lipinski definition) is 3. The van der Waals surface area contributed by atoms with Crippen LogP contribution in [0.15, 0.2) is 197 Å². The maximum Gasteiger partial charge on any atom is 0.143 e. The van der Waals surface area contributed by atoms with Crippen molar-refractivity contribution in [2.24, 2.45) is 0 Å². The highest BCUT2D eigenvalue weighted by molar-refractivity contribution is 6.20. The van der Waals surface area contributed by atoms with Crippen molar-refractivity contribution in [2.75, 3.05) is 4.90 Å². The van der Waals surface area contributed by atoms with Gasteiger partial charge in [0.1, 0.15) is 22.3 Å². The molecule has 2 heterocycles. The van der Waals surface area contributed by atoms with Gasteiger partial charge in [0.2, 0.25) is 0 Å². The van der Waals surface area contributed by atoms with Gasteiger partial charge in [-0.25, -0.2) is 0 Å². The fraction of sp³-hybridized carbons (Fsp3) is 0. The van der Waals surface area contributed by atoms with Gasteiger partial charge in [0.05, 0.1) is 5.69 Å². The number of anilines is 3. The van der Waals surface area contributed by atoms with Crippen molar-refractivity contribution in [3.63, 3.8) is 0 Å². The minimum Gasteiger partial charge on any atom is -0.456 e. The molecule has 0 fully saturated rings. The van der Waals surface area contributed by atoms with E-state index in [9.17, 15) is 0 Å². The zero-order chi connectivity index (χ0) is 34.9. The molecule has 0 spiro atoms. The standard InChI is InChI=1S/C50H31NO2/c1-3-17-37-32(12-1)14-10-21-38(37)34-15-9-16-35(30-34)51(36-27-29-42-41-20-6-8-24-46(41)52-48(42)31-36)45-23-7-5-19-40(45)43-22-11-25-47-49(43)44-28-26-33-13-2-4-18-39(33)50(44)53-47/h1-31H. The van der Waals surface area contributed by atoms with Crippen LogP contribution in [-0.2, 0) is 0 Å². The topological polar surface area (TPSA) is 29.5 Å². The summed E-state index contributed by atoms with van der Waals surface area (Å²) in [6, 6.07) is 66.8. The lowest BCUT2D eigenvalue weighted by molar-refractivity contribution is 0.669. The molecule has 0 amide bonds.